The molecular formula is C12H18INO3S. The average Bonchev–Trinajstić information content (AvgIpc) is 2.39. The van der Waals surface area contributed by atoms with Crippen LogP contribution in [-0.4, -0.2) is 41.5 Å². The summed E-state index contributed by atoms with van der Waals surface area (Å²) in [4.78, 5) is 0.429. The maximum atomic E-state index is 12.4. The minimum absolute atomic E-state index is 0.160. The van der Waals surface area contributed by atoms with Gasteiger partial charge in [0.15, 0.2) is 0 Å². The maximum absolute atomic E-state index is 12.4. The van der Waals surface area contributed by atoms with Gasteiger partial charge >= 0.3 is 0 Å². The van der Waals surface area contributed by atoms with E-state index in [2.05, 4.69) is 22.6 Å². The molecule has 1 atom stereocenters. The van der Waals surface area contributed by atoms with E-state index >= 15 is 0 Å². The van der Waals surface area contributed by atoms with Crippen LogP contribution in [0, 0.1) is 5.92 Å². The van der Waals surface area contributed by atoms with Crippen LogP contribution in [0.2, 0.25) is 0 Å². The SMILES string of the molecule is O=S(=O)(C1=CCC(I)C=C1)N1CCC(CO)CC1. The lowest BCUT2D eigenvalue weighted by Gasteiger charge is -2.31. The standard InChI is InChI=1S/C12H18INO3S/c13-11-1-3-12(4-2-11)18(16,17)14-7-5-10(9-15)6-8-14/h1,3-4,10-11,15H,2,5-9H2. The number of nitrogens with zero attached hydrogens (tertiary/aromatic N) is 1. The molecule has 1 aliphatic carbocycles. The molecule has 2 rings (SSSR count). The number of hydrogen-bond acceptors (Lipinski definition) is 3. The van der Waals surface area contributed by atoms with Gasteiger partial charge in [-0.1, -0.05) is 34.7 Å². The second-order valence-electron chi connectivity index (χ2n) is 4.75. The van der Waals surface area contributed by atoms with Gasteiger partial charge in [0, 0.05) is 23.6 Å². The first-order chi connectivity index (χ1) is 8.54. The zero-order valence-electron chi connectivity index (χ0n) is 10.1. The molecule has 0 radical (unpaired) electrons. The molecule has 0 aromatic carbocycles. The molecule has 1 aliphatic heterocycles. The van der Waals surface area contributed by atoms with E-state index in [0.29, 0.717) is 21.9 Å². The van der Waals surface area contributed by atoms with E-state index in [1.165, 1.54) is 0 Å². The summed E-state index contributed by atoms with van der Waals surface area (Å²) in [7, 11) is -3.32. The van der Waals surface area contributed by atoms with Crippen LogP contribution >= 0.6 is 22.6 Å². The van der Waals surface area contributed by atoms with Gasteiger partial charge in [0.2, 0.25) is 10.0 Å². The highest BCUT2D eigenvalue weighted by molar-refractivity contribution is 14.1. The highest BCUT2D eigenvalue weighted by atomic mass is 127. The van der Waals surface area contributed by atoms with Crippen LogP contribution < -0.4 is 0 Å². The number of allylic oxidation sites excluding steroid dienone is 3. The predicted octanol–water partition coefficient (Wildman–Crippen LogP) is 1.67. The Morgan fingerprint density at radius 3 is 2.56 bits per heavy atom. The lowest BCUT2D eigenvalue weighted by molar-refractivity contribution is 0.170. The molecule has 0 bridgehead atoms. The van der Waals surface area contributed by atoms with E-state index in [4.69, 9.17) is 5.11 Å². The molecule has 0 aromatic rings. The van der Waals surface area contributed by atoms with Crippen LogP contribution in [0.1, 0.15) is 19.3 Å². The first-order valence-corrected chi connectivity index (χ1v) is 8.86. The topological polar surface area (TPSA) is 57.6 Å². The zero-order chi connectivity index (χ0) is 13.2. The molecule has 6 heteroatoms. The Hall–Kier alpha value is 0.0800. The van der Waals surface area contributed by atoms with E-state index in [0.717, 1.165) is 19.3 Å². The molecule has 1 N–H and O–H groups in total. The molecule has 1 heterocycles. The molecule has 102 valence electrons. The fraction of sp³-hybridized carbons (Fsp3) is 0.667. The van der Waals surface area contributed by atoms with Gasteiger partial charge in [0.25, 0.3) is 0 Å². The Labute approximate surface area is 122 Å². The fourth-order valence-corrected chi connectivity index (χ4v) is 4.26. The highest BCUT2D eigenvalue weighted by Crippen LogP contribution is 2.26. The van der Waals surface area contributed by atoms with Crippen molar-refractivity contribution in [3.63, 3.8) is 0 Å². The predicted molar refractivity (Wildman–Crippen MR) is 80.0 cm³/mol. The molecule has 1 unspecified atom stereocenters. The molecule has 4 nitrogen and oxygen atoms in total. The third kappa shape index (κ3) is 3.15. The molecule has 1 saturated heterocycles. The third-order valence-electron chi connectivity index (χ3n) is 3.48. The van der Waals surface area contributed by atoms with Crippen molar-refractivity contribution >= 4 is 32.6 Å². The number of hydrogen-bond donors (Lipinski definition) is 1. The molecular weight excluding hydrogens is 365 g/mol. The largest absolute Gasteiger partial charge is 0.396 e. The quantitative estimate of drug-likeness (QED) is 0.596. The van der Waals surface area contributed by atoms with Gasteiger partial charge in [-0.05, 0) is 31.3 Å². The second-order valence-corrected chi connectivity index (χ2v) is 8.29. The Kier molecular flexibility index (Phi) is 4.85. The number of piperidine rings is 1. The highest BCUT2D eigenvalue weighted by Gasteiger charge is 2.30. The molecule has 0 aromatic heterocycles. The summed E-state index contributed by atoms with van der Waals surface area (Å²) in [5.74, 6) is 0.256. The summed E-state index contributed by atoms with van der Waals surface area (Å²) in [5, 5.41) is 9.07. The van der Waals surface area contributed by atoms with Crippen LogP contribution in [0.25, 0.3) is 0 Å². The van der Waals surface area contributed by atoms with E-state index in [1.807, 2.05) is 12.2 Å². The summed E-state index contributed by atoms with van der Waals surface area (Å²) in [6.07, 6.45) is 7.74. The van der Waals surface area contributed by atoms with Gasteiger partial charge in [-0.3, -0.25) is 0 Å². The number of rotatable bonds is 3. The first kappa shape index (κ1) is 14.5. The van der Waals surface area contributed by atoms with Crippen LogP contribution in [0.5, 0.6) is 0 Å². The summed E-state index contributed by atoms with van der Waals surface area (Å²) in [6, 6.07) is 0. The number of alkyl halides is 1. The van der Waals surface area contributed by atoms with Crippen molar-refractivity contribution in [1.82, 2.24) is 4.31 Å². The van der Waals surface area contributed by atoms with E-state index < -0.39 is 10.0 Å². The smallest absolute Gasteiger partial charge is 0.242 e. The van der Waals surface area contributed by atoms with Crippen molar-refractivity contribution in [2.45, 2.75) is 23.2 Å². The van der Waals surface area contributed by atoms with Crippen LogP contribution in [0.4, 0.5) is 0 Å². The monoisotopic (exact) mass is 383 g/mol. The van der Waals surface area contributed by atoms with Crippen molar-refractivity contribution in [1.29, 1.82) is 0 Å². The van der Waals surface area contributed by atoms with Gasteiger partial charge < -0.3 is 5.11 Å². The van der Waals surface area contributed by atoms with Crippen molar-refractivity contribution in [3.8, 4) is 0 Å². The van der Waals surface area contributed by atoms with Gasteiger partial charge in [-0.25, -0.2) is 8.42 Å². The lowest BCUT2D eigenvalue weighted by atomic mass is 10.00. The number of aliphatic hydroxyl groups is 1. The van der Waals surface area contributed by atoms with Gasteiger partial charge in [-0.2, -0.15) is 4.31 Å². The van der Waals surface area contributed by atoms with Crippen molar-refractivity contribution in [3.05, 3.63) is 23.1 Å². The molecule has 0 saturated carbocycles. The zero-order valence-corrected chi connectivity index (χ0v) is 13.1. The van der Waals surface area contributed by atoms with Crippen LogP contribution in [-0.2, 0) is 10.0 Å². The maximum Gasteiger partial charge on any atom is 0.242 e. The number of aliphatic hydroxyl groups excluding tert-OH is 1. The van der Waals surface area contributed by atoms with Crippen molar-refractivity contribution in [2.24, 2.45) is 5.92 Å². The molecule has 0 spiro atoms. The normalized spacial score (nSPS) is 27.2. The van der Waals surface area contributed by atoms with E-state index in [-0.39, 0.29) is 12.5 Å². The Morgan fingerprint density at radius 2 is 2.06 bits per heavy atom. The minimum atomic E-state index is -3.32. The van der Waals surface area contributed by atoms with Gasteiger partial charge in [-0.15, -0.1) is 0 Å². The summed E-state index contributed by atoms with van der Waals surface area (Å²) in [5.41, 5.74) is 0. The van der Waals surface area contributed by atoms with Crippen LogP contribution in [0.15, 0.2) is 23.1 Å². The minimum Gasteiger partial charge on any atom is -0.396 e. The summed E-state index contributed by atoms with van der Waals surface area (Å²) >= 11 is 2.29. The average molecular weight is 383 g/mol. The Morgan fingerprint density at radius 1 is 1.39 bits per heavy atom. The molecule has 1 fully saturated rings. The van der Waals surface area contributed by atoms with Crippen molar-refractivity contribution in [2.75, 3.05) is 19.7 Å². The van der Waals surface area contributed by atoms with E-state index in [1.54, 1.807) is 10.4 Å². The molecule has 0 amide bonds. The first-order valence-electron chi connectivity index (χ1n) is 6.17. The number of sulfonamides is 1. The summed E-state index contributed by atoms with van der Waals surface area (Å²) < 4.78 is 26.7. The van der Waals surface area contributed by atoms with Crippen LogP contribution in [0.3, 0.4) is 0 Å². The number of halogens is 1. The Balaban J connectivity index is 2.06. The van der Waals surface area contributed by atoms with Gasteiger partial charge in [0.1, 0.15) is 0 Å². The Bertz CT molecular complexity index is 450. The molecule has 2 aliphatic rings. The lowest BCUT2D eigenvalue weighted by Crippen LogP contribution is -2.39. The fourth-order valence-electron chi connectivity index (χ4n) is 2.25. The third-order valence-corrected chi connectivity index (χ3v) is 6.35. The van der Waals surface area contributed by atoms with Gasteiger partial charge in [0.05, 0.1) is 4.91 Å². The molecule has 18 heavy (non-hydrogen) atoms. The van der Waals surface area contributed by atoms with E-state index in [9.17, 15) is 8.42 Å². The second kappa shape index (κ2) is 6.02. The summed E-state index contributed by atoms with van der Waals surface area (Å²) in [6.45, 7) is 1.20. The van der Waals surface area contributed by atoms with Crippen molar-refractivity contribution < 1.29 is 13.5 Å².